The lowest BCUT2D eigenvalue weighted by atomic mass is 9.75. The fourth-order valence-electron chi connectivity index (χ4n) is 4.01. The largest absolute Gasteiger partial charge is 0.268 e. The summed E-state index contributed by atoms with van der Waals surface area (Å²) in [5.74, 6) is -0.955. The molecule has 0 saturated carbocycles. The van der Waals surface area contributed by atoms with Crippen LogP contribution in [-0.2, 0) is 10.0 Å². The molecule has 1 N–H and O–H groups in total. The van der Waals surface area contributed by atoms with E-state index in [9.17, 15) is 18.1 Å². The second-order valence-electron chi connectivity index (χ2n) is 7.85. The molecule has 34 heavy (non-hydrogen) atoms. The number of halogens is 1. The van der Waals surface area contributed by atoms with Crippen molar-refractivity contribution in [1.29, 1.82) is 5.26 Å². The van der Waals surface area contributed by atoms with Crippen molar-refractivity contribution in [2.45, 2.75) is 11.8 Å². The molecule has 0 amide bonds. The van der Waals surface area contributed by atoms with Crippen LogP contribution in [0.3, 0.4) is 0 Å². The first kappa shape index (κ1) is 23.1. The monoisotopic (exact) mass is 472 g/mol. The topological polar surface area (TPSA) is 95.7 Å². The molecule has 0 bridgehead atoms. The first-order valence-corrected chi connectivity index (χ1v) is 12.3. The van der Waals surface area contributed by atoms with Gasteiger partial charge in [0.1, 0.15) is 11.6 Å². The molecule has 0 fully saturated rings. The van der Waals surface area contributed by atoms with Crippen LogP contribution < -0.4 is 4.72 Å². The van der Waals surface area contributed by atoms with Crippen LogP contribution >= 0.6 is 0 Å². The smallest absolute Gasteiger partial charge is 0.230 e. The molecule has 4 rings (SSSR count). The standard InChI is InChI=1S/C26H21FN4O2S/c1-34(32,33)31-24-9-3-8-23(30-24)26(19-10-12-22(27)13-11-19)25(21-7-4-14-29-17-21)20-6-2-5-18(15-20)16-28/h2-15,17,25-26H,1H3,(H,30,31). The Bertz CT molecular complexity index is 1440. The molecular weight excluding hydrogens is 451 g/mol. The average Bonchev–Trinajstić information content (AvgIpc) is 2.83. The number of rotatable bonds is 7. The lowest BCUT2D eigenvalue weighted by Crippen LogP contribution is -2.18. The Balaban J connectivity index is 1.96. The molecule has 2 aromatic heterocycles. The minimum atomic E-state index is -3.53. The first-order chi connectivity index (χ1) is 16.3. The molecule has 0 saturated heterocycles. The number of nitriles is 1. The molecule has 0 aliphatic heterocycles. The predicted octanol–water partition coefficient (Wildman–Crippen LogP) is 4.82. The number of benzene rings is 2. The maximum atomic E-state index is 13.8. The molecule has 2 atom stereocenters. The van der Waals surface area contributed by atoms with Crippen molar-refractivity contribution < 1.29 is 12.8 Å². The van der Waals surface area contributed by atoms with E-state index in [1.54, 1.807) is 48.8 Å². The van der Waals surface area contributed by atoms with Crippen molar-refractivity contribution in [3.8, 4) is 6.07 Å². The maximum absolute atomic E-state index is 13.8. The minimum absolute atomic E-state index is 0.183. The van der Waals surface area contributed by atoms with E-state index < -0.39 is 15.9 Å². The lowest BCUT2D eigenvalue weighted by molar-refractivity contribution is 0.606. The van der Waals surface area contributed by atoms with Crippen LogP contribution in [-0.4, -0.2) is 24.6 Å². The van der Waals surface area contributed by atoms with Gasteiger partial charge in [-0.15, -0.1) is 0 Å². The van der Waals surface area contributed by atoms with Crippen molar-refractivity contribution in [1.82, 2.24) is 9.97 Å². The number of nitrogens with zero attached hydrogens (tertiary/aromatic N) is 3. The Morgan fingerprint density at radius 2 is 1.65 bits per heavy atom. The van der Waals surface area contributed by atoms with Gasteiger partial charge in [-0.05, 0) is 59.2 Å². The zero-order valence-electron chi connectivity index (χ0n) is 18.3. The molecule has 8 heteroatoms. The van der Waals surface area contributed by atoms with Gasteiger partial charge in [-0.25, -0.2) is 17.8 Å². The summed E-state index contributed by atoms with van der Waals surface area (Å²) in [6, 6.07) is 24.5. The molecule has 6 nitrogen and oxygen atoms in total. The van der Waals surface area contributed by atoms with Crippen LogP contribution in [0.2, 0.25) is 0 Å². The zero-order valence-corrected chi connectivity index (χ0v) is 19.1. The van der Waals surface area contributed by atoms with Gasteiger partial charge in [-0.2, -0.15) is 5.26 Å². The van der Waals surface area contributed by atoms with Crippen molar-refractivity contribution in [3.63, 3.8) is 0 Å². The summed E-state index contributed by atoms with van der Waals surface area (Å²) in [6.07, 6.45) is 4.48. The third-order valence-electron chi connectivity index (χ3n) is 5.36. The summed E-state index contributed by atoms with van der Waals surface area (Å²) >= 11 is 0. The molecule has 2 aromatic carbocycles. The summed E-state index contributed by atoms with van der Waals surface area (Å²) in [6.45, 7) is 0. The number of anilines is 1. The number of nitrogens with one attached hydrogen (secondary N) is 1. The number of aromatic nitrogens is 2. The normalized spacial score (nSPS) is 13.0. The van der Waals surface area contributed by atoms with E-state index in [-0.39, 0.29) is 17.6 Å². The van der Waals surface area contributed by atoms with E-state index in [0.717, 1.165) is 22.9 Å². The molecule has 2 heterocycles. The van der Waals surface area contributed by atoms with Crippen LogP contribution in [0.5, 0.6) is 0 Å². The van der Waals surface area contributed by atoms with E-state index >= 15 is 0 Å². The first-order valence-electron chi connectivity index (χ1n) is 10.4. The number of pyridine rings is 2. The van der Waals surface area contributed by atoms with Crippen LogP contribution in [0.4, 0.5) is 10.2 Å². The van der Waals surface area contributed by atoms with Gasteiger partial charge in [0.25, 0.3) is 0 Å². The summed E-state index contributed by atoms with van der Waals surface area (Å²) < 4.78 is 39.8. The van der Waals surface area contributed by atoms with Gasteiger partial charge in [0.2, 0.25) is 10.0 Å². The molecule has 0 radical (unpaired) electrons. The Labute approximate surface area is 197 Å². The number of hydrogen-bond acceptors (Lipinski definition) is 5. The highest BCUT2D eigenvalue weighted by Crippen LogP contribution is 2.42. The molecule has 0 spiro atoms. The fourth-order valence-corrected chi connectivity index (χ4v) is 4.51. The minimum Gasteiger partial charge on any atom is -0.268 e. The summed E-state index contributed by atoms with van der Waals surface area (Å²) in [4.78, 5) is 8.89. The summed E-state index contributed by atoms with van der Waals surface area (Å²) in [5, 5.41) is 9.48. The van der Waals surface area contributed by atoms with Gasteiger partial charge >= 0.3 is 0 Å². The summed E-state index contributed by atoms with van der Waals surface area (Å²) in [7, 11) is -3.53. The van der Waals surface area contributed by atoms with Gasteiger partial charge in [-0.1, -0.05) is 36.4 Å². The van der Waals surface area contributed by atoms with Gasteiger partial charge in [0.05, 0.1) is 23.6 Å². The van der Waals surface area contributed by atoms with Gasteiger partial charge in [0.15, 0.2) is 0 Å². The fraction of sp³-hybridized carbons (Fsp3) is 0.115. The van der Waals surface area contributed by atoms with E-state index in [2.05, 4.69) is 20.8 Å². The van der Waals surface area contributed by atoms with E-state index in [1.807, 2.05) is 30.3 Å². The van der Waals surface area contributed by atoms with E-state index in [4.69, 9.17) is 0 Å². The average molecular weight is 473 g/mol. The van der Waals surface area contributed by atoms with Gasteiger partial charge in [0, 0.05) is 24.2 Å². The highest BCUT2D eigenvalue weighted by Gasteiger charge is 2.30. The SMILES string of the molecule is CS(=O)(=O)Nc1cccc(C(c2ccc(F)cc2)C(c2cccnc2)c2cccc(C#N)c2)n1. The van der Waals surface area contributed by atoms with E-state index in [1.165, 1.54) is 12.1 Å². The highest BCUT2D eigenvalue weighted by molar-refractivity contribution is 7.92. The molecule has 4 aromatic rings. The quantitative estimate of drug-likeness (QED) is 0.416. The zero-order chi connectivity index (χ0) is 24.1. The van der Waals surface area contributed by atoms with Crippen LogP contribution in [0, 0.1) is 17.1 Å². The van der Waals surface area contributed by atoms with Gasteiger partial charge < -0.3 is 0 Å². The third-order valence-corrected chi connectivity index (χ3v) is 5.94. The molecule has 170 valence electrons. The number of sulfonamides is 1. The van der Waals surface area contributed by atoms with Crippen LogP contribution in [0.1, 0.15) is 39.8 Å². The van der Waals surface area contributed by atoms with Crippen molar-refractivity contribution in [3.05, 3.63) is 125 Å². The van der Waals surface area contributed by atoms with Gasteiger partial charge in [-0.3, -0.25) is 9.71 Å². The number of hydrogen-bond donors (Lipinski definition) is 1. The highest BCUT2D eigenvalue weighted by atomic mass is 32.2. The van der Waals surface area contributed by atoms with Crippen LogP contribution in [0.25, 0.3) is 0 Å². The second-order valence-corrected chi connectivity index (χ2v) is 9.60. The Morgan fingerprint density at radius 3 is 2.32 bits per heavy atom. The molecular formula is C26H21FN4O2S. The van der Waals surface area contributed by atoms with Crippen molar-refractivity contribution >= 4 is 15.8 Å². The Kier molecular flexibility index (Phi) is 6.66. The summed E-state index contributed by atoms with van der Waals surface area (Å²) in [5.41, 5.74) is 3.59. The van der Waals surface area contributed by atoms with Crippen molar-refractivity contribution in [2.24, 2.45) is 0 Å². The molecule has 2 unspecified atom stereocenters. The van der Waals surface area contributed by atoms with E-state index in [0.29, 0.717) is 11.3 Å². The lowest BCUT2D eigenvalue weighted by Gasteiger charge is -2.29. The predicted molar refractivity (Wildman–Crippen MR) is 128 cm³/mol. The Hall–Kier alpha value is -4.09. The Morgan fingerprint density at radius 1 is 0.912 bits per heavy atom. The molecule has 0 aliphatic carbocycles. The van der Waals surface area contributed by atoms with Crippen molar-refractivity contribution in [2.75, 3.05) is 11.0 Å². The third kappa shape index (κ3) is 5.45. The maximum Gasteiger partial charge on any atom is 0.230 e. The molecule has 0 aliphatic rings. The second kappa shape index (κ2) is 9.81. The van der Waals surface area contributed by atoms with Crippen LogP contribution in [0.15, 0.2) is 91.3 Å².